The molecule has 7 nitrogen and oxygen atoms in total. The topological polar surface area (TPSA) is 76.2 Å². The zero-order valence-corrected chi connectivity index (χ0v) is 17.7. The summed E-state index contributed by atoms with van der Waals surface area (Å²) >= 11 is 0. The van der Waals surface area contributed by atoms with E-state index in [0.29, 0.717) is 38.2 Å². The minimum Gasteiger partial charge on any atom is -0.465 e. The second-order valence-corrected chi connectivity index (χ2v) is 9.08. The van der Waals surface area contributed by atoms with Gasteiger partial charge in [-0.25, -0.2) is 9.59 Å². The van der Waals surface area contributed by atoms with E-state index in [9.17, 15) is 14.4 Å². The van der Waals surface area contributed by atoms with Crippen molar-refractivity contribution in [1.29, 1.82) is 0 Å². The number of carbonyl (C=O) groups is 3. The Hall–Kier alpha value is -2.57. The number of amides is 2. The van der Waals surface area contributed by atoms with Crippen LogP contribution in [0.3, 0.4) is 0 Å². The van der Waals surface area contributed by atoms with E-state index in [0.717, 1.165) is 18.4 Å². The van der Waals surface area contributed by atoms with Gasteiger partial charge in [0, 0.05) is 38.0 Å². The highest BCUT2D eigenvalue weighted by atomic mass is 16.6. The molecule has 0 aliphatic carbocycles. The summed E-state index contributed by atoms with van der Waals surface area (Å²) in [6.07, 6.45) is 1.85. The first-order valence-electron chi connectivity index (χ1n) is 10.0. The predicted molar refractivity (Wildman–Crippen MR) is 107 cm³/mol. The number of likely N-dealkylation sites (tertiary alicyclic amines) is 2. The summed E-state index contributed by atoms with van der Waals surface area (Å²) in [6, 6.07) is 7.15. The van der Waals surface area contributed by atoms with Crippen molar-refractivity contribution in [2.45, 2.75) is 52.2 Å². The molecule has 0 radical (unpaired) electrons. The molecule has 158 valence electrons. The van der Waals surface area contributed by atoms with Crippen molar-refractivity contribution >= 4 is 18.0 Å². The summed E-state index contributed by atoms with van der Waals surface area (Å²) in [5, 5.41) is 0. The van der Waals surface area contributed by atoms with Crippen molar-refractivity contribution in [2.75, 3.05) is 26.7 Å². The maximum absolute atomic E-state index is 12.6. The Kier molecular flexibility index (Phi) is 5.87. The molecule has 0 saturated carbocycles. The summed E-state index contributed by atoms with van der Waals surface area (Å²) in [5.41, 5.74) is 0.904. The number of piperidine rings is 1. The van der Waals surface area contributed by atoms with Gasteiger partial charge >= 0.3 is 12.1 Å². The number of hydrogen-bond acceptors (Lipinski definition) is 5. The van der Waals surface area contributed by atoms with Crippen LogP contribution in [0.5, 0.6) is 0 Å². The average Bonchev–Trinajstić information content (AvgIpc) is 2.95. The van der Waals surface area contributed by atoms with Crippen LogP contribution in [0.25, 0.3) is 0 Å². The van der Waals surface area contributed by atoms with E-state index in [1.807, 2.05) is 37.8 Å². The Morgan fingerprint density at radius 1 is 1.10 bits per heavy atom. The Balaban J connectivity index is 1.56. The van der Waals surface area contributed by atoms with Crippen molar-refractivity contribution in [1.82, 2.24) is 9.80 Å². The summed E-state index contributed by atoms with van der Waals surface area (Å²) in [5.74, 6) is -0.225. The minimum atomic E-state index is -0.504. The monoisotopic (exact) mass is 402 g/mol. The Bertz CT molecular complexity index is 773. The standard InChI is InChI=1S/C22H30N2O5/c1-21(2,3)29-20(27)23-11-9-22(10-12-23)13-18(25)24(15-22)14-16-5-7-17(8-6-16)19(26)28-4/h5-8H,9-15H2,1-4H3. The predicted octanol–water partition coefficient (Wildman–Crippen LogP) is 3.22. The third-order valence-electron chi connectivity index (χ3n) is 5.63. The zero-order valence-electron chi connectivity index (χ0n) is 17.7. The number of rotatable bonds is 3. The van der Waals surface area contributed by atoms with Gasteiger partial charge in [-0.1, -0.05) is 12.1 Å². The van der Waals surface area contributed by atoms with Crippen LogP contribution in [-0.4, -0.2) is 60.1 Å². The third-order valence-corrected chi connectivity index (χ3v) is 5.63. The number of benzene rings is 1. The quantitative estimate of drug-likeness (QED) is 0.726. The number of nitrogens with zero attached hydrogens (tertiary/aromatic N) is 2. The number of ether oxygens (including phenoxy) is 2. The summed E-state index contributed by atoms with van der Waals surface area (Å²) < 4.78 is 10.2. The molecule has 1 aromatic rings. The van der Waals surface area contributed by atoms with Crippen LogP contribution in [0.1, 0.15) is 56.0 Å². The molecule has 2 saturated heterocycles. The van der Waals surface area contributed by atoms with Gasteiger partial charge in [-0.15, -0.1) is 0 Å². The van der Waals surface area contributed by atoms with E-state index >= 15 is 0 Å². The van der Waals surface area contributed by atoms with Crippen molar-refractivity contribution in [3.8, 4) is 0 Å². The van der Waals surface area contributed by atoms with E-state index in [1.54, 1.807) is 17.0 Å². The lowest BCUT2D eigenvalue weighted by Gasteiger charge is -2.39. The summed E-state index contributed by atoms with van der Waals surface area (Å²) in [4.78, 5) is 40.1. The molecular weight excluding hydrogens is 372 g/mol. The lowest BCUT2D eigenvalue weighted by Crippen LogP contribution is -2.46. The molecule has 1 aromatic carbocycles. The molecular formula is C22H30N2O5. The van der Waals surface area contributed by atoms with Crippen molar-refractivity contribution in [3.05, 3.63) is 35.4 Å². The zero-order chi connectivity index (χ0) is 21.2. The number of hydrogen-bond donors (Lipinski definition) is 0. The summed E-state index contributed by atoms with van der Waals surface area (Å²) in [6.45, 7) is 8.04. The van der Waals surface area contributed by atoms with Gasteiger partial charge in [0.25, 0.3) is 0 Å². The molecule has 1 spiro atoms. The molecule has 2 heterocycles. The van der Waals surface area contributed by atoms with Gasteiger partial charge in [0.1, 0.15) is 5.60 Å². The fraction of sp³-hybridized carbons (Fsp3) is 0.591. The maximum atomic E-state index is 12.6. The Labute approximate surface area is 171 Å². The second-order valence-electron chi connectivity index (χ2n) is 9.08. The third kappa shape index (κ3) is 5.08. The van der Waals surface area contributed by atoms with E-state index in [2.05, 4.69) is 0 Å². The molecule has 2 fully saturated rings. The molecule has 29 heavy (non-hydrogen) atoms. The lowest BCUT2D eigenvalue weighted by molar-refractivity contribution is -0.128. The molecule has 2 aliphatic heterocycles. The fourth-order valence-electron chi connectivity index (χ4n) is 4.04. The molecule has 0 aromatic heterocycles. The van der Waals surface area contributed by atoms with Gasteiger partial charge in [-0.05, 0) is 51.3 Å². The molecule has 7 heteroatoms. The van der Waals surface area contributed by atoms with Gasteiger partial charge in [-0.3, -0.25) is 4.79 Å². The van der Waals surface area contributed by atoms with Crippen molar-refractivity contribution < 1.29 is 23.9 Å². The summed E-state index contributed by atoms with van der Waals surface area (Å²) in [7, 11) is 1.35. The Morgan fingerprint density at radius 3 is 2.28 bits per heavy atom. The van der Waals surface area contributed by atoms with Gasteiger partial charge in [-0.2, -0.15) is 0 Å². The van der Waals surface area contributed by atoms with Crippen molar-refractivity contribution in [2.24, 2.45) is 5.41 Å². The maximum Gasteiger partial charge on any atom is 0.410 e. The smallest absolute Gasteiger partial charge is 0.410 e. The van der Waals surface area contributed by atoms with Crippen LogP contribution in [0.2, 0.25) is 0 Å². The van der Waals surface area contributed by atoms with Gasteiger partial charge in [0.2, 0.25) is 5.91 Å². The van der Waals surface area contributed by atoms with Crippen molar-refractivity contribution in [3.63, 3.8) is 0 Å². The van der Waals surface area contributed by atoms with Crippen LogP contribution in [0, 0.1) is 5.41 Å². The number of esters is 1. The largest absolute Gasteiger partial charge is 0.465 e. The van der Waals surface area contributed by atoms with Crippen LogP contribution in [0.4, 0.5) is 4.79 Å². The highest BCUT2D eigenvalue weighted by Crippen LogP contribution is 2.41. The fourth-order valence-corrected chi connectivity index (χ4v) is 4.04. The second kappa shape index (κ2) is 8.05. The van der Waals surface area contributed by atoms with E-state index in [-0.39, 0.29) is 23.4 Å². The number of carbonyl (C=O) groups excluding carboxylic acids is 3. The SMILES string of the molecule is COC(=O)c1ccc(CN2CC3(CCN(C(=O)OC(C)(C)C)CC3)CC2=O)cc1. The highest BCUT2D eigenvalue weighted by molar-refractivity contribution is 5.89. The lowest BCUT2D eigenvalue weighted by atomic mass is 9.78. The van der Waals surface area contributed by atoms with E-state index in [4.69, 9.17) is 9.47 Å². The van der Waals surface area contributed by atoms with Gasteiger partial charge < -0.3 is 19.3 Å². The van der Waals surface area contributed by atoms with Crippen LogP contribution < -0.4 is 0 Å². The first kappa shape index (κ1) is 21.1. The molecule has 0 bridgehead atoms. The average molecular weight is 402 g/mol. The molecule has 3 rings (SSSR count). The highest BCUT2D eigenvalue weighted by Gasteiger charge is 2.45. The van der Waals surface area contributed by atoms with E-state index < -0.39 is 5.60 Å². The van der Waals surface area contributed by atoms with Crippen LogP contribution in [0.15, 0.2) is 24.3 Å². The first-order chi connectivity index (χ1) is 13.6. The van der Waals surface area contributed by atoms with Crippen LogP contribution >= 0.6 is 0 Å². The van der Waals surface area contributed by atoms with Crippen LogP contribution in [-0.2, 0) is 20.8 Å². The molecule has 2 aliphatic rings. The first-order valence-corrected chi connectivity index (χ1v) is 10.0. The molecule has 0 N–H and O–H groups in total. The normalized spacial score (nSPS) is 18.8. The molecule has 0 atom stereocenters. The minimum absolute atomic E-state index is 0.0679. The molecule has 0 unspecified atom stereocenters. The molecule has 2 amide bonds. The van der Waals surface area contributed by atoms with Gasteiger partial charge in [0.15, 0.2) is 0 Å². The Morgan fingerprint density at radius 2 is 1.72 bits per heavy atom. The van der Waals surface area contributed by atoms with E-state index in [1.165, 1.54) is 7.11 Å². The van der Waals surface area contributed by atoms with Gasteiger partial charge in [0.05, 0.1) is 12.7 Å². The number of methoxy groups -OCH3 is 1.